The first-order valence-electron chi connectivity index (χ1n) is 7.43. The Kier molecular flexibility index (Phi) is 5.69. The summed E-state index contributed by atoms with van der Waals surface area (Å²) >= 11 is 1.61. The second kappa shape index (κ2) is 7.51. The van der Waals surface area contributed by atoms with Crippen LogP contribution in [0.3, 0.4) is 0 Å². The van der Waals surface area contributed by atoms with E-state index in [1.54, 1.807) is 16.2 Å². The molecule has 22 heavy (non-hydrogen) atoms. The van der Waals surface area contributed by atoms with E-state index >= 15 is 0 Å². The SMILES string of the molecule is CNCCN(C)C(=O)Cc1sc(C)nc1-c1ccc(C)cc1. The van der Waals surface area contributed by atoms with Gasteiger partial charge in [0.25, 0.3) is 0 Å². The third-order valence-corrected chi connectivity index (χ3v) is 4.53. The van der Waals surface area contributed by atoms with Crippen LogP contribution >= 0.6 is 11.3 Å². The van der Waals surface area contributed by atoms with Crippen LogP contribution < -0.4 is 5.32 Å². The topological polar surface area (TPSA) is 45.2 Å². The minimum atomic E-state index is 0.132. The van der Waals surface area contributed by atoms with Crippen molar-refractivity contribution in [2.45, 2.75) is 20.3 Å². The van der Waals surface area contributed by atoms with Gasteiger partial charge in [-0.15, -0.1) is 11.3 Å². The molecule has 0 radical (unpaired) electrons. The first-order chi connectivity index (χ1) is 10.5. The lowest BCUT2D eigenvalue weighted by atomic mass is 10.1. The van der Waals surface area contributed by atoms with Gasteiger partial charge in [-0.25, -0.2) is 4.98 Å². The molecule has 1 N–H and O–H groups in total. The molecule has 0 saturated carbocycles. The third kappa shape index (κ3) is 4.15. The van der Waals surface area contributed by atoms with Gasteiger partial charge in [-0.05, 0) is 20.9 Å². The molecule has 0 aliphatic carbocycles. The van der Waals surface area contributed by atoms with Crippen LogP contribution in [0.15, 0.2) is 24.3 Å². The first-order valence-corrected chi connectivity index (χ1v) is 8.25. The standard InChI is InChI=1S/C17H23N3OS/c1-12-5-7-14(8-6-12)17-15(22-13(2)19-17)11-16(21)20(4)10-9-18-3/h5-8,18H,9-11H2,1-4H3. The predicted octanol–water partition coefficient (Wildman–Crippen LogP) is 2.65. The molecule has 4 nitrogen and oxygen atoms in total. The molecular formula is C17H23N3OS. The molecular weight excluding hydrogens is 294 g/mol. The first kappa shape index (κ1) is 16.6. The number of amides is 1. The Balaban J connectivity index is 2.18. The Morgan fingerprint density at radius 1 is 1.27 bits per heavy atom. The van der Waals surface area contributed by atoms with Crippen LogP contribution in [0.5, 0.6) is 0 Å². The second-order valence-electron chi connectivity index (χ2n) is 5.47. The number of carbonyl (C=O) groups excluding carboxylic acids is 1. The van der Waals surface area contributed by atoms with Gasteiger partial charge in [-0.1, -0.05) is 29.8 Å². The molecule has 0 aliphatic rings. The number of hydrogen-bond acceptors (Lipinski definition) is 4. The van der Waals surface area contributed by atoms with E-state index in [1.165, 1.54) is 5.56 Å². The molecule has 0 aliphatic heterocycles. The van der Waals surface area contributed by atoms with Crippen LogP contribution in [-0.4, -0.2) is 43.0 Å². The highest BCUT2D eigenvalue weighted by molar-refractivity contribution is 7.12. The highest BCUT2D eigenvalue weighted by atomic mass is 32.1. The van der Waals surface area contributed by atoms with Gasteiger partial charge in [0.05, 0.1) is 17.1 Å². The Bertz CT molecular complexity index is 634. The van der Waals surface area contributed by atoms with E-state index in [0.717, 1.165) is 27.7 Å². The number of rotatable bonds is 6. The minimum Gasteiger partial charge on any atom is -0.344 e. The monoisotopic (exact) mass is 317 g/mol. The molecule has 1 aromatic heterocycles. The van der Waals surface area contributed by atoms with Crippen molar-refractivity contribution in [2.24, 2.45) is 0 Å². The largest absolute Gasteiger partial charge is 0.344 e. The molecule has 0 saturated heterocycles. The Morgan fingerprint density at radius 3 is 2.59 bits per heavy atom. The van der Waals surface area contributed by atoms with E-state index in [-0.39, 0.29) is 5.91 Å². The van der Waals surface area contributed by atoms with Crippen LogP contribution in [0.4, 0.5) is 0 Å². The summed E-state index contributed by atoms with van der Waals surface area (Å²) in [5, 5.41) is 4.06. The smallest absolute Gasteiger partial charge is 0.227 e. The maximum Gasteiger partial charge on any atom is 0.227 e. The molecule has 0 fully saturated rings. The molecule has 1 amide bonds. The summed E-state index contributed by atoms with van der Waals surface area (Å²) in [6, 6.07) is 8.30. The fraction of sp³-hybridized carbons (Fsp3) is 0.412. The summed E-state index contributed by atoms with van der Waals surface area (Å²) in [6.07, 6.45) is 0.412. The summed E-state index contributed by atoms with van der Waals surface area (Å²) in [5.41, 5.74) is 3.24. The van der Waals surface area contributed by atoms with Gasteiger partial charge in [-0.3, -0.25) is 4.79 Å². The maximum absolute atomic E-state index is 12.3. The number of nitrogens with zero attached hydrogens (tertiary/aromatic N) is 2. The van der Waals surface area contributed by atoms with Crippen molar-refractivity contribution in [1.82, 2.24) is 15.2 Å². The van der Waals surface area contributed by atoms with Gasteiger partial charge in [-0.2, -0.15) is 0 Å². The minimum absolute atomic E-state index is 0.132. The molecule has 2 aromatic rings. The normalized spacial score (nSPS) is 10.7. The Morgan fingerprint density at radius 2 is 1.95 bits per heavy atom. The molecule has 1 aromatic carbocycles. The molecule has 0 unspecified atom stereocenters. The lowest BCUT2D eigenvalue weighted by Crippen LogP contribution is -2.33. The van der Waals surface area contributed by atoms with E-state index < -0.39 is 0 Å². The zero-order valence-corrected chi connectivity index (χ0v) is 14.5. The lowest BCUT2D eigenvalue weighted by molar-refractivity contribution is -0.129. The van der Waals surface area contributed by atoms with E-state index in [9.17, 15) is 4.79 Å². The van der Waals surface area contributed by atoms with E-state index in [2.05, 4.69) is 41.5 Å². The van der Waals surface area contributed by atoms with E-state index in [1.807, 2.05) is 21.0 Å². The molecule has 118 valence electrons. The van der Waals surface area contributed by atoms with Crippen molar-refractivity contribution in [3.8, 4) is 11.3 Å². The van der Waals surface area contributed by atoms with Gasteiger partial charge in [0.15, 0.2) is 0 Å². The van der Waals surface area contributed by atoms with Crippen LogP contribution in [-0.2, 0) is 11.2 Å². The van der Waals surface area contributed by atoms with Gasteiger partial charge in [0, 0.05) is 30.6 Å². The number of likely N-dealkylation sites (N-methyl/N-ethyl adjacent to an activating group) is 2. The van der Waals surface area contributed by atoms with Gasteiger partial charge >= 0.3 is 0 Å². The molecule has 0 bridgehead atoms. The average Bonchev–Trinajstić information content (AvgIpc) is 2.86. The zero-order chi connectivity index (χ0) is 16.1. The highest BCUT2D eigenvalue weighted by Crippen LogP contribution is 2.29. The number of aryl methyl sites for hydroxylation is 2. The molecule has 0 atom stereocenters. The third-order valence-electron chi connectivity index (χ3n) is 3.56. The highest BCUT2D eigenvalue weighted by Gasteiger charge is 2.16. The predicted molar refractivity (Wildman–Crippen MR) is 92.3 cm³/mol. The van der Waals surface area contributed by atoms with Crippen LogP contribution in [0.2, 0.25) is 0 Å². The number of thiazole rings is 1. The summed E-state index contributed by atoms with van der Waals surface area (Å²) in [6.45, 7) is 5.57. The average molecular weight is 317 g/mol. The number of nitrogens with one attached hydrogen (secondary N) is 1. The second-order valence-corrected chi connectivity index (χ2v) is 6.75. The summed E-state index contributed by atoms with van der Waals surface area (Å²) in [7, 11) is 3.74. The molecule has 2 rings (SSSR count). The summed E-state index contributed by atoms with van der Waals surface area (Å²) in [4.78, 5) is 19.8. The molecule has 0 spiro atoms. The number of benzene rings is 1. The number of carbonyl (C=O) groups is 1. The van der Waals surface area contributed by atoms with Gasteiger partial charge in [0.1, 0.15) is 0 Å². The van der Waals surface area contributed by atoms with Crippen molar-refractivity contribution >= 4 is 17.2 Å². The van der Waals surface area contributed by atoms with Gasteiger partial charge in [0.2, 0.25) is 5.91 Å². The number of aromatic nitrogens is 1. The van der Waals surface area contributed by atoms with Crippen LogP contribution in [0.1, 0.15) is 15.4 Å². The zero-order valence-electron chi connectivity index (χ0n) is 13.6. The Hall–Kier alpha value is -1.72. The lowest BCUT2D eigenvalue weighted by Gasteiger charge is -2.16. The Labute approximate surface area is 136 Å². The summed E-state index contributed by atoms with van der Waals surface area (Å²) in [5.74, 6) is 0.132. The van der Waals surface area contributed by atoms with Crippen molar-refractivity contribution < 1.29 is 4.79 Å². The maximum atomic E-state index is 12.3. The van der Waals surface area contributed by atoms with Crippen LogP contribution in [0.25, 0.3) is 11.3 Å². The van der Waals surface area contributed by atoms with Crippen molar-refractivity contribution in [3.63, 3.8) is 0 Å². The van der Waals surface area contributed by atoms with E-state index in [4.69, 9.17) is 0 Å². The quantitative estimate of drug-likeness (QED) is 0.891. The molecule has 5 heteroatoms. The summed E-state index contributed by atoms with van der Waals surface area (Å²) < 4.78 is 0. The van der Waals surface area contributed by atoms with Crippen molar-refractivity contribution in [2.75, 3.05) is 27.2 Å². The van der Waals surface area contributed by atoms with Crippen LogP contribution in [0, 0.1) is 13.8 Å². The number of hydrogen-bond donors (Lipinski definition) is 1. The van der Waals surface area contributed by atoms with E-state index in [0.29, 0.717) is 13.0 Å². The fourth-order valence-electron chi connectivity index (χ4n) is 2.20. The van der Waals surface area contributed by atoms with Crippen molar-refractivity contribution in [1.29, 1.82) is 0 Å². The fourth-order valence-corrected chi connectivity index (χ4v) is 3.15. The van der Waals surface area contributed by atoms with Crippen molar-refractivity contribution in [3.05, 3.63) is 39.7 Å². The van der Waals surface area contributed by atoms with Gasteiger partial charge < -0.3 is 10.2 Å². The molecule has 1 heterocycles.